The Labute approximate surface area is 196 Å². The maximum absolute atomic E-state index is 13.0. The Bertz CT molecular complexity index is 693. The summed E-state index contributed by atoms with van der Waals surface area (Å²) in [6, 6.07) is 2.20. The zero-order chi connectivity index (χ0) is 23.8. The third-order valence-corrected chi connectivity index (χ3v) is 6.27. The fraction of sp³-hybridized carbons (Fsp3) is 0.714. The number of aryl methyl sites for hydroxylation is 2. The van der Waals surface area contributed by atoms with E-state index in [9.17, 15) is 9.59 Å². The van der Waals surface area contributed by atoms with Crippen LogP contribution in [0.15, 0.2) is 6.07 Å². The predicted octanol–water partition coefficient (Wildman–Crippen LogP) is 7.63. The summed E-state index contributed by atoms with van der Waals surface area (Å²) in [4.78, 5) is 25.8. The van der Waals surface area contributed by atoms with Crippen LogP contribution in [0.1, 0.15) is 135 Å². The maximum atomic E-state index is 13.0. The number of carbonyl (C=O) groups excluding carboxylic acids is 2. The van der Waals surface area contributed by atoms with Crippen LogP contribution >= 0.6 is 0 Å². The summed E-state index contributed by atoms with van der Waals surface area (Å²) in [5.74, 6) is -0.846. The zero-order valence-corrected chi connectivity index (χ0v) is 21.3. The van der Waals surface area contributed by atoms with E-state index in [1.807, 2.05) is 0 Å². The molecule has 0 aliphatic rings. The summed E-state index contributed by atoms with van der Waals surface area (Å²) in [5.41, 5.74) is 4.03. The largest absolute Gasteiger partial charge is 0.465 e. The number of ether oxygens (including phenoxy) is 2. The Hall–Kier alpha value is -1.84. The molecule has 1 aromatic carbocycles. The molecular weight excluding hydrogens is 400 g/mol. The lowest BCUT2D eigenvalue weighted by Crippen LogP contribution is -2.19. The number of rotatable bonds is 17. The van der Waals surface area contributed by atoms with Gasteiger partial charge in [0.2, 0.25) is 0 Å². The Kier molecular flexibility index (Phi) is 14.8. The van der Waals surface area contributed by atoms with Gasteiger partial charge in [-0.1, -0.05) is 84.6 Å². The van der Waals surface area contributed by atoms with Crippen LogP contribution in [0.2, 0.25) is 0 Å². The van der Waals surface area contributed by atoms with Gasteiger partial charge in [-0.2, -0.15) is 0 Å². The average Bonchev–Trinajstić information content (AvgIpc) is 2.81. The van der Waals surface area contributed by atoms with Crippen molar-refractivity contribution in [3.05, 3.63) is 33.9 Å². The molecule has 182 valence electrons. The molecule has 0 atom stereocenters. The fourth-order valence-electron chi connectivity index (χ4n) is 4.42. The summed E-state index contributed by atoms with van der Waals surface area (Å²) in [7, 11) is 2.79. The van der Waals surface area contributed by atoms with Gasteiger partial charge in [-0.25, -0.2) is 9.59 Å². The van der Waals surface area contributed by atoms with Gasteiger partial charge >= 0.3 is 11.9 Å². The molecule has 0 unspecified atom stereocenters. The van der Waals surface area contributed by atoms with Crippen molar-refractivity contribution in [3.8, 4) is 0 Å². The van der Waals surface area contributed by atoms with Crippen LogP contribution in [0.5, 0.6) is 0 Å². The van der Waals surface area contributed by atoms with Crippen molar-refractivity contribution in [1.29, 1.82) is 0 Å². The van der Waals surface area contributed by atoms with E-state index >= 15 is 0 Å². The third-order valence-electron chi connectivity index (χ3n) is 6.27. The topological polar surface area (TPSA) is 52.6 Å². The molecule has 0 saturated carbocycles. The van der Waals surface area contributed by atoms with Crippen LogP contribution < -0.4 is 0 Å². The van der Waals surface area contributed by atoms with Gasteiger partial charge in [0.05, 0.1) is 25.3 Å². The number of unbranched alkanes of at least 4 members (excludes halogenated alkanes) is 9. The summed E-state index contributed by atoms with van der Waals surface area (Å²) in [5, 5.41) is 0. The van der Waals surface area contributed by atoms with Crippen LogP contribution in [0.25, 0.3) is 0 Å². The van der Waals surface area contributed by atoms with Gasteiger partial charge in [-0.3, -0.25) is 0 Å². The van der Waals surface area contributed by atoms with E-state index in [1.165, 1.54) is 45.5 Å². The fourth-order valence-corrected chi connectivity index (χ4v) is 4.42. The van der Waals surface area contributed by atoms with E-state index in [0.717, 1.165) is 81.8 Å². The van der Waals surface area contributed by atoms with E-state index in [0.29, 0.717) is 11.1 Å². The minimum Gasteiger partial charge on any atom is -0.465 e. The number of benzene rings is 1. The first-order valence-corrected chi connectivity index (χ1v) is 12.9. The highest BCUT2D eigenvalue weighted by atomic mass is 16.5. The summed E-state index contributed by atoms with van der Waals surface area (Å²) < 4.78 is 10.3. The second-order valence-corrected chi connectivity index (χ2v) is 8.84. The standard InChI is InChI=1S/C28H46O4/c1-6-9-12-13-14-17-19-23-21-22(18-15-10-7-2)24(20-16-11-8-3)26(28(30)32-5)25(23)27(29)31-4/h21H,6-20H2,1-5H3. The van der Waals surface area contributed by atoms with Crippen LogP contribution in [-0.2, 0) is 28.7 Å². The molecule has 0 aromatic heterocycles. The average molecular weight is 447 g/mol. The van der Waals surface area contributed by atoms with Gasteiger partial charge in [0, 0.05) is 0 Å². The van der Waals surface area contributed by atoms with Gasteiger partial charge in [-0.15, -0.1) is 0 Å². The lowest BCUT2D eigenvalue weighted by Gasteiger charge is -2.20. The minimum absolute atomic E-state index is 0.418. The zero-order valence-electron chi connectivity index (χ0n) is 21.3. The number of hydrogen-bond donors (Lipinski definition) is 0. The van der Waals surface area contributed by atoms with Crippen molar-refractivity contribution in [3.63, 3.8) is 0 Å². The van der Waals surface area contributed by atoms with Crippen molar-refractivity contribution in [1.82, 2.24) is 0 Å². The molecular formula is C28H46O4. The molecule has 0 N–H and O–H groups in total. The summed E-state index contributed by atoms with van der Waals surface area (Å²) >= 11 is 0. The molecule has 0 aliphatic heterocycles. The van der Waals surface area contributed by atoms with Gasteiger partial charge in [0.25, 0.3) is 0 Å². The van der Waals surface area contributed by atoms with Crippen molar-refractivity contribution in [2.75, 3.05) is 14.2 Å². The SMILES string of the molecule is CCCCCCCCc1cc(CCCCC)c(CCCCC)c(C(=O)OC)c1C(=O)OC. The van der Waals surface area contributed by atoms with Gasteiger partial charge in [0.1, 0.15) is 0 Å². The number of carbonyl (C=O) groups is 2. The second-order valence-electron chi connectivity index (χ2n) is 8.84. The predicted molar refractivity (Wildman–Crippen MR) is 133 cm³/mol. The molecule has 0 spiro atoms. The summed E-state index contributed by atoms with van der Waals surface area (Å²) in [6.07, 6.45) is 16.2. The van der Waals surface area contributed by atoms with Gasteiger partial charge in [-0.05, 0) is 55.2 Å². The van der Waals surface area contributed by atoms with Crippen molar-refractivity contribution < 1.29 is 19.1 Å². The first-order valence-electron chi connectivity index (χ1n) is 12.9. The van der Waals surface area contributed by atoms with Crippen LogP contribution in [0, 0.1) is 0 Å². The monoisotopic (exact) mass is 446 g/mol. The maximum Gasteiger partial charge on any atom is 0.339 e. The number of methoxy groups -OCH3 is 2. The van der Waals surface area contributed by atoms with E-state index in [1.54, 1.807) is 0 Å². The Balaban J connectivity index is 3.41. The third kappa shape index (κ3) is 8.96. The van der Waals surface area contributed by atoms with Crippen molar-refractivity contribution in [2.24, 2.45) is 0 Å². The van der Waals surface area contributed by atoms with Crippen LogP contribution in [0.4, 0.5) is 0 Å². The molecule has 0 bridgehead atoms. The van der Waals surface area contributed by atoms with E-state index in [4.69, 9.17) is 9.47 Å². The highest BCUT2D eigenvalue weighted by Crippen LogP contribution is 2.30. The molecule has 0 heterocycles. The first kappa shape index (κ1) is 28.2. The van der Waals surface area contributed by atoms with Crippen LogP contribution in [-0.4, -0.2) is 26.2 Å². The molecule has 4 heteroatoms. The molecule has 0 fully saturated rings. The molecule has 0 radical (unpaired) electrons. The Morgan fingerprint density at radius 1 is 0.594 bits per heavy atom. The number of esters is 2. The highest BCUT2D eigenvalue weighted by Gasteiger charge is 2.28. The molecule has 0 amide bonds. The molecule has 0 saturated heterocycles. The second kappa shape index (κ2) is 16.7. The van der Waals surface area contributed by atoms with Crippen LogP contribution in [0.3, 0.4) is 0 Å². The highest BCUT2D eigenvalue weighted by molar-refractivity contribution is 6.05. The molecule has 32 heavy (non-hydrogen) atoms. The van der Waals surface area contributed by atoms with E-state index in [-0.39, 0.29) is 0 Å². The minimum atomic E-state index is -0.428. The smallest absolute Gasteiger partial charge is 0.339 e. The van der Waals surface area contributed by atoms with E-state index in [2.05, 4.69) is 26.8 Å². The molecule has 0 aliphatic carbocycles. The first-order chi connectivity index (χ1) is 15.5. The normalized spacial score (nSPS) is 10.9. The van der Waals surface area contributed by atoms with E-state index < -0.39 is 11.9 Å². The lowest BCUT2D eigenvalue weighted by molar-refractivity contribution is 0.0553. The summed E-state index contributed by atoms with van der Waals surface area (Å²) in [6.45, 7) is 6.60. The molecule has 1 aromatic rings. The Morgan fingerprint density at radius 2 is 1.03 bits per heavy atom. The number of hydrogen-bond acceptors (Lipinski definition) is 4. The molecule has 4 nitrogen and oxygen atoms in total. The van der Waals surface area contributed by atoms with Crippen molar-refractivity contribution >= 4 is 11.9 Å². The quantitative estimate of drug-likeness (QED) is 0.182. The lowest BCUT2D eigenvalue weighted by atomic mass is 9.85. The van der Waals surface area contributed by atoms with Crippen molar-refractivity contribution in [2.45, 2.75) is 117 Å². The Morgan fingerprint density at radius 3 is 1.62 bits per heavy atom. The van der Waals surface area contributed by atoms with Gasteiger partial charge in [0.15, 0.2) is 0 Å². The van der Waals surface area contributed by atoms with Gasteiger partial charge < -0.3 is 9.47 Å². The molecule has 1 rings (SSSR count).